The molecule has 0 radical (unpaired) electrons. The Labute approximate surface area is 217 Å². The first-order chi connectivity index (χ1) is 17.7. The van der Waals surface area contributed by atoms with E-state index in [2.05, 4.69) is 29.3 Å². The number of benzene rings is 1. The SMILES string of the molecule is CCOC(=O)CCCC/C=C(\c1ccc(OCCCCCCCCCCC=O)cc1)c1cccnc1. The first-order valence-electron chi connectivity index (χ1n) is 13.7. The maximum Gasteiger partial charge on any atom is 0.305 e. The summed E-state index contributed by atoms with van der Waals surface area (Å²) >= 11 is 0. The van der Waals surface area contributed by atoms with Crippen molar-refractivity contribution in [2.45, 2.75) is 90.4 Å². The van der Waals surface area contributed by atoms with Crippen molar-refractivity contribution in [2.24, 2.45) is 0 Å². The number of nitrogens with zero attached hydrogens (tertiary/aromatic N) is 1. The van der Waals surface area contributed by atoms with Crippen molar-refractivity contribution in [3.05, 3.63) is 66.0 Å². The number of ether oxygens (including phenoxy) is 2. The van der Waals surface area contributed by atoms with Gasteiger partial charge in [0.05, 0.1) is 13.2 Å². The number of aromatic nitrogens is 1. The van der Waals surface area contributed by atoms with E-state index in [9.17, 15) is 9.59 Å². The first-order valence-corrected chi connectivity index (χ1v) is 13.7. The van der Waals surface area contributed by atoms with Gasteiger partial charge in [-0.3, -0.25) is 9.78 Å². The van der Waals surface area contributed by atoms with Gasteiger partial charge in [-0.15, -0.1) is 0 Å². The molecule has 1 heterocycles. The molecule has 5 nitrogen and oxygen atoms in total. The lowest BCUT2D eigenvalue weighted by atomic mass is 9.97. The normalized spacial score (nSPS) is 11.3. The molecule has 0 saturated carbocycles. The van der Waals surface area contributed by atoms with Crippen molar-refractivity contribution in [3.63, 3.8) is 0 Å². The van der Waals surface area contributed by atoms with Gasteiger partial charge in [-0.2, -0.15) is 0 Å². The lowest BCUT2D eigenvalue weighted by Crippen LogP contribution is -2.02. The molecule has 0 N–H and O–H groups in total. The zero-order valence-corrected chi connectivity index (χ0v) is 22.0. The molecule has 0 saturated heterocycles. The highest BCUT2D eigenvalue weighted by molar-refractivity contribution is 5.79. The zero-order valence-electron chi connectivity index (χ0n) is 22.0. The molecular formula is C31H43NO4. The smallest absolute Gasteiger partial charge is 0.305 e. The molecule has 0 bridgehead atoms. The minimum absolute atomic E-state index is 0.119. The van der Waals surface area contributed by atoms with E-state index < -0.39 is 0 Å². The van der Waals surface area contributed by atoms with E-state index >= 15 is 0 Å². The summed E-state index contributed by atoms with van der Waals surface area (Å²) in [5.74, 6) is 0.779. The van der Waals surface area contributed by atoms with Crippen LogP contribution in [0.2, 0.25) is 0 Å². The van der Waals surface area contributed by atoms with Crippen LogP contribution in [0.15, 0.2) is 54.9 Å². The molecule has 1 aromatic carbocycles. The predicted molar refractivity (Wildman–Crippen MR) is 146 cm³/mol. The van der Waals surface area contributed by atoms with Crippen LogP contribution in [0.3, 0.4) is 0 Å². The Morgan fingerprint density at radius 3 is 2.19 bits per heavy atom. The first kappa shape index (κ1) is 29.3. The third-order valence-corrected chi connectivity index (χ3v) is 6.11. The van der Waals surface area contributed by atoms with Gasteiger partial charge in [0.2, 0.25) is 0 Å². The van der Waals surface area contributed by atoms with Crippen LogP contribution >= 0.6 is 0 Å². The van der Waals surface area contributed by atoms with E-state index in [1.165, 1.54) is 38.5 Å². The molecule has 0 spiro atoms. The summed E-state index contributed by atoms with van der Waals surface area (Å²) in [5, 5.41) is 0. The van der Waals surface area contributed by atoms with Gasteiger partial charge in [-0.25, -0.2) is 0 Å². The van der Waals surface area contributed by atoms with Gasteiger partial charge in [-0.05, 0) is 68.4 Å². The van der Waals surface area contributed by atoms with Gasteiger partial charge in [0.15, 0.2) is 0 Å². The molecule has 5 heteroatoms. The van der Waals surface area contributed by atoms with Crippen molar-refractivity contribution in [3.8, 4) is 5.75 Å². The quantitative estimate of drug-likeness (QED) is 0.107. The number of carbonyl (C=O) groups is 2. The van der Waals surface area contributed by atoms with Crippen LogP contribution < -0.4 is 4.74 Å². The molecule has 0 unspecified atom stereocenters. The second-order valence-electron chi connectivity index (χ2n) is 9.07. The van der Waals surface area contributed by atoms with E-state index in [0.717, 1.165) is 67.4 Å². The largest absolute Gasteiger partial charge is 0.494 e. The van der Waals surface area contributed by atoms with Crippen LogP contribution in [0.1, 0.15) is 102 Å². The fraction of sp³-hybridized carbons (Fsp3) is 0.516. The second-order valence-corrected chi connectivity index (χ2v) is 9.07. The Morgan fingerprint density at radius 1 is 0.833 bits per heavy atom. The maximum atomic E-state index is 11.5. The van der Waals surface area contributed by atoms with Gasteiger partial charge >= 0.3 is 5.97 Å². The standard InChI is InChI=1S/C31H43NO4/c1-2-35-31(34)18-12-10-11-17-30(28-16-15-23-32-26-28)27-19-21-29(22-20-27)36-25-14-9-7-5-3-4-6-8-13-24-33/h15-17,19-24,26H,2-14,18,25H2,1H3/b30-17+. The van der Waals surface area contributed by atoms with Crippen LogP contribution in [0, 0.1) is 0 Å². The number of rotatable bonds is 20. The second kappa shape index (κ2) is 19.3. The summed E-state index contributed by atoms with van der Waals surface area (Å²) in [7, 11) is 0. The van der Waals surface area contributed by atoms with Crippen molar-refractivity contribution in [2.75, 3.05) is 13.2 Å². The fourth-order valence-electron chi connectivity index (χ4n) is 4.13. The summed E-state index contributed by atoms with van der Waals surface area (Å²) in [6, 6.07) is 12.3. The lowest BCUT2D eigenvalue weighted by Gasteiger charge is -2.11. The minimum Gasteiger partial charge on any atom is -0.494 e. The van der Waals surface area contributed by atoms with E-state index in [-0.39, 0.29) is 5.97 Å². The highest BCUT2D eigenvalue weighted by Crippen LogP contribution is 2.26. The van der Waals surface area contributed by atoms with Crippen LogP contribution in [0.25, 0.3) is 5.57 Å². The molecule has 2 rings (SSSR count). The van der Waals surface area contributed by atoms with Gasteiger partial charge in [0.1, 0.15) is 12.0 Å². The molecule has 1 aromatic heterocycles. The number of carbonyl (C=O) groups excluding carboxylic acids is 2. The van der Waals surface area contributed by atoms with Gasteiger partial charge < -0.3 is 14.3 Å². The maximum absolute atomic E-state index is 11.5. The van der Waals surface area contributed by atoms with Crippen LogP contribution in [-0.2, 0) is 14.3 Å². The number of pyridine rings is 1. The summed E-state index contributed by atoms with van der Waals surface area (Å²) in [6.07, 6.45) is 20.2. The molecule has 0 aliphatic rings. The Hall–Kier alpha value is -2.95. The Morgan fingerprint density at radius 2 is 1.53 bits per heavy atom. The van der Waals surface area contributed by atoms with Crippen LogP contribution in [0.4, 0.5) is 0 Å². The van der Waals surface area contributed by atoms with E-state index in [4.69, 9.17) is 9.47 Å². The number of unbranched alkanes of at least 4 members (excludes halogenated alkanes) is 10. The zero-order chi connectivity index (χ0) is 25.7. The number of hydrogen-bond donors (Lipinski definition) is 0. The Bertz CT molecular complexity index is 877. The summed E-state index contributed by atoms with van der Waals surface area (Å²) in [6.45, 7) is 3.01. The van der Waals surface area contributed by atoms with E-state index in [1.807, 2.05) is 31.3 Å². The monoisotopic (exact) mass is 493 g/mol. The average molecular weight is 494 g/mol. The molecule has 2 aromatic rings. The highest BCUT2D eigenvalue weighted by atomic mass is 16.5. The molecule has 0 aliphatic carbocycles. The van der Waals surface area contributed by atoms with Crippen LogP contribution in [-0.4, -0.2) is 30.5 Å². The number of allylic oxidation sites excluding steroid dienone is 1. The molecule has 0 fully saturated rings. The lowest BCUT2D eigenvalue weighted by molar-refractivity contribution is -0.143. The number of hydrogen-bond acceptors (Lipinski definition) is 5. The minimum atomic E-state index is -0.119. The average Bonchev–Trinajstić information content (AvgIpc) is 2.90. The number of esters is 1. The predicted octanol–water partition coefficient (Wildman–Crippen LogP) is 7.73. The molecule has 196 valence electrons. The van der Waals surface area contributed by atoms with Crippen molar-refractivity contribution >= 4 is 17.8 Å². The molecule has 36 heavy (non-hydrogen) atoms. The fourth-order valence-corrected chi connectivity index (χ4v) is 4.13. The summed E-state index contributed by atoms with van der Waals surface area (Å²) in [5.41, 5.74) is 3.37. The van der Waals surface area contributed by atoms with Crippen molar-refractivity contribution in [1.82, 2.24) is 4.98 Å². The van der Waals surface area contributed by atoms with Gasteiger partial charge in [-0.1, -0.05) is 62.8 Å². The molecule has 0 amide bonds. The summed E-state index contributed by atoms with van der Waals surface area (Å²) in [4.78, 5) is 26.1. The van der Waals surface area contributed by atoms with Crippen molar-refractivity contribution < 1.29 is 19.1 Å². The Balaban J connectivity index is 1.76. The third-order valence-electron chi connectivity index (χ3n) is 6.11. The highest BCUT2D eigenvalue weighted by Gasteiger charge is 2.07. The van der Waals surface area contributed by atoms with Crippen molar-refractivity contribution in [1.29, 1.82) is 0 Å². The molecular weight excluding hydrogens is 450 g/mol. The van der Waals surface area contributed by atoms with E-state index in [1.54, 1.807) is 6.20 Å². The van der Waals surface area contributed by atoms with Crippen LogP contribution in [0.5, 0.6) is 5.75 Å². The third kappa shape index (κ3) is 12.7. The number of aldehydes is 1. The van der Waals surface area contributed by atoms with Gasteiger partial charge in [0, 0.05) is 30.8 Å². The molecule has 0 atom stereocenters. The Kier molecular flexibility index (Phi) is 15.7. The van der Waals surface area contributed by atoms with E-state index in [0.29, 0.717) is 19.4 Å². The molecule has 0 aliphatic heterocycles. The topological polar surface area (TPSA) is 65.5 Å². The summed E-state index contributed by atoms with van der Waals surface area (Å²) < 4.78 is 11.0. The van der Waals surface area contributed by atoms with Gasteiger partial charge in [0.25, 0.3) is 0 Å².